The van der Waals surface area contributed by atoms with Gasteiger partial charge in [0, 0.05) is 32.8 Å². The molecule has 2 amide bonds. The number of benzene rings is 1. The van der Waals surface area contributed by atoms with E-state index in [-0.39, 0.29) is 17.4 Å². The van der Waals surface area contributed by atoms with Gasteiger partial charge in [-0.25, -0.2) is 4.79 Å². The molecular formula is C19H23F3N4O3. The third kappa shape index (κ3) is 4.52. The second kappa shape index (κ2) is 8.02. The lowest BCUT2D eigenvalue weighted by molar-refractivity contribution is -0.159. The molecule has 0 radical (unpaired) electrons. The minimum atomic E-state index is -4.68. The Morgan fingerprint density at radius 1 is 1.28 bits per heavy atom. The maximum Gasteiger partial charge on any atom is 0.471 e. The zero-order valence-corrected chi connectivity index (χ0v) is 16.5. The molecule has 29 heavy (non-hydrogen) atoms. The zero-order valence-electron chi connectivity index (χ0n) is 16.5. The van der Waals surface area contributed by atoms with Crippen LogP contribution in [0.15, 0.2) is 28.8 Å². The number of rotatable bonds is 7. The molecule has 1 heterocycles. The van der Waals surface area contributed by atoms with Gasteiger partial charge in [-0.15, -0.1) is 0 Å². The molecule has 0 spiro atoms. The summed E-state index contributed by atoms with van der Waals surface area (Å²) in [7, 11) is 3.41. The summed E-state index contributed by atoms with van der Waals surface area (Å²) in [5.74, 6) is -1.52. The lowest BCUT2D eigenvalue weighted by Crippen LogP contribution is -2.48. The van der Waals surface area contributed by atoms with E-state index >= 15 is 0 Å². The Morgan fingerprint density at radius 2 is 1.93 bits per heavy atom. The predicted octanol–water partition coefficient (Wildman–Crippen LogP) is 3.81. The second-order valence-corrected chi connectivity index (χ2v) is 7.13. The molecule has 0 atom stereocenters. The molecule has 1 aromatic heterocycles. The number of likely N-dealkylation sites (N-methyl/N-ethyl adjacent to an activating group) is 1. The van der Waals surface area contributed by atoms with E-state index in [0.717, 1.165) is 18.4 Å². The average Bonchev–Trinajstić information content (AvgIpc) is 3.29. The van der Waals surface area contributed by atoms with Gasteiger partial charge in [0.25, 0.3) is 0 Å². The summed E-state index contributed by atoms with van der Waals surface area (Å²) in [4.78, 5) is 19.7. The van der Waals surface area contributed by atoms with Crippen molar-refractivity contribution in [2.75, 3.05) is 27.3 Å². The quantitative estimate of drug-likeness (QED) is 0.692. The number of hydrogen-bond acceptors (Lipinski definition) is 5. The maximum absolute atomic E-state index is 12.9. The molecule has 0 bridgehead atoms. The van der Waals surface area contributed by atoms with Crippen molar-refractivity contribution in [1.29, 1.82) is 0 Å². The van der Waals surface area contributed by atoms with Crippen LogP contribution in [-0.2, 0) is 17.5 Å². The van der Waals surface area contributed by atoms with E-state index in [1.807, 2.05) is 6.92 Å². The Labute approximate surface area is 166 Å². The van der Waals surface area contributed by atoms with E-state index in [2.05, 4.69) is 14.7 Å². The lowest BCUT2D eigenvalue weighted by atomic mass is 10.1. The van der Waals surface area contributed by atoms with Crippen LogP contribution in [-0.4, -0.2) is 58.8 Å². The van der Waals surface area contributed by atoms with Crippen molar-refractivity contribution in [1.82, 2.24) is 19.9 Å². The molecule has 1 aliphatic carbocycles. The molecule has 0 unspecified atom stereocenters. The molecule has 7 nitrogen and oxygen atoms in total. The van der Waals surface area contributed by atoms with Gasteiger partial charge in [-0.2, -0.15) is 18.2 Å². The number of ether oxygens (including phenoxy) is 1. The summed E-state index contributed by atoms with van der Waals surface area (Å²) in [6, 6.07) is 6.60. The summed E-state index contributed by atoms with van der Waals surface area (Å²) in [5.41, 5.74) is 1.02. The van der Waals surface area contributed by atoms with Crippen molar-refractivity contribution in [2.45, 2.75) is 38.0 Å². The summed E-state index contributed by atoms with van der Waals surface area (Å²) >= 11 is 0. The number of halogens is 3. The molecule has 1 saturated carbocycles. The van der Waals surface area contributed by atoms with Gasteiger partial charge in [0.15, 0.2) is 0 Å². The van der Waals surface area contributed by atoms with Gasteiger partial charge in [-0.3, -0.25) is 0 Å². The molecule has 0 N–H and O–H groups in total. The van der Waals surface area contributed by atoms with E-state index in [1.165, 1.54) is 0 Å². The van der Waals surface area contributed by atoms with E-state index < -0.39 is 12.1 Å². The summed E-state index contributed by atoms with van der Waals surface area (Å²) < 4.78 is 47.3. The standard InChI is InChI=1S/C19H23F3N4O3/c1-4-26(17(27)25(2)18(9-10-18)12-28-3)11-13-5-7-14(8-6-13)15-23-16(29-24-15)19(20,21)22/h5-8H,4,9-12H2,1-3H3. The summed E-state index contributed by atoms with van der Waals surface area (Å²) in [6.45, 7) is 3.30. The first-order valence-electron chi connectivity index (χ1n) is 9.22. The Bertz CT molecular complexity index is 847. The fraction of sp³-hybridized carbons (Fsp3) is 0.526. The van der Waals surface area contributed by atoms with E-state index in [1.54, 1.807) is 48.2 Å². The number of carbonyl (C=O) groups is 1. The monoisotopic (exact) mass is 412 g/mol. The highest BCUT2D eigenvalue weighted by atomic mass is 19.4. The summed E-state index contributed by atoms with van der Waals surface area (Å²) in [5, 5.41) is 3.37. The Morgan fingerprint density at radius 3 is 2.41 bits per heavy atom. The van der Waals surface area contributed by atoms with Crippen LogP contribution in [0.3, 0.4) is 0 Å². The normalized spacial score (nSPS) is 15.2. The molecule has 1 aromatic carbocycles. The van der Waals surface area contributed by atoms with Crippen LogP contribution in [0.4, 0.5) is 18.0 Å². The molecule has 0 aliphatic heterocycles. The van der Waals surface area contributed by atoms with Crippen molar-refractivity contribution in [3.05, 3.63) is 35.7 Å². The van der Waals surface area contributed by atoms with Crippen molar-refractivity contribution >= 4 is 6.03 Å². The Hall–Kier alpha value is -2.62. The van der Waals surface area contributed by atoms with Crippen LogP contribution in [0.1, 0.15) is 31.2 Å². The highest BCUT2D eigenvalue weighted by Gasteiger charge is 2.49. The summed E-state index contributed by atoms with van der Waals surface area (Å²) in [6.07, 6.45) is -2.85. The molecule has 10 heteroatoms. The number of carbonyl (C=O) groups excluding carboxylic acids is 1. The van der Waals surface area contributed by atoms with Gasteiger partial charge >= 0.3 is 18.1 Å². The topological polar surface area (TPSA) is 71.7 Å². The fourth-order valence-electron chi connectivity index (χ4n) is 3.15. The molecule has 1 aliphatic rings. The van der Waals surface area contributed by atoms with Crippen LogP contribution < -0.4 is 0 Å². The first-order valence-corrected chi connectivity index (χ1v) is 9.22. The number of urea groups is 1. The van der Waals surface area contributed by atoms with Gasteiger partial charge in [0.05, 0.1) is 12.1 Å². The maximum atomic E-state index is 12.9. The van der Waals surface area contributed by atoms with Crippen molar-refractivity contribution in [3.63, 3.8) is 0 Å². The molecular weight excluding hydrogens is 389 g/mol. The highest BCUT2D eigenvalue weighted by molar-refractivity contribution is 5.75. The molecule has 2 aromatic rings. The van der Waals surface area contributed by atoms with Gasteiger partial charge < -0.3 is 19.1 Å². The highest BCUT2D eigenvalue weighted by Crippen LogP contribution is 2.41. The van der Waals surface area contributed by atoms with E-state index in [4.69, 9.17) is 4.74 Å². The number of amides is 2. The minimum absolute atomic E-state index is 0.0842. The number of aromatic nitrogens is 2. The van der Waals surface area contributed by atoms with Crippen LogP contribution in [0.25, 0.3) is 11.4 Å². The average molecular weight is 412 g/mol. The Kier molecular flexibility index (Phi) is 5.83. The SMILES string of the molecule is CCN(Cc1ccc(-c2noc(C(F)(F)F)n2)cc1)C(=O)N(C)C1(COC)CC1. The molecule has 0 saturated heterocycles. The molecule has 3 rings (SSSR count). The van der Waals surface area contributed by atoms with Crippen molar-refractivity contribution in [2.24, 2.45) is 0 Å². The number of alkyl halides is 3. The number of hydrogen-bond donors (Lipinski definition) is 0. The first kappa shape index (κ1) is 21.1. The van der Waals surface area contributed by atoms with Gasteiger partial charge in [0.1, 0.15) is 0 Å². The minimum Gasteiger partial charge on any atom is -0.382 e. The van der Waals surface area contributed by atoms with E-state index in [9.17, 15) is 18.0 Å². The lowest BCUT2D eigenvalue weighted by Gasteiger charge is -2.33. The zero-order chi connectivity index (χ0) is 21.2. The largest absolute Gasteiger partial charge is 0.471 e. The van der Waals surface area contributed by atoms with Crippen molar-refractivity contribution in [3.8, 4) is 11.4 Å². The Balaban J connectivity index is 1.68. The van der Waals surface area contributed by atoms with Gasteiger partial charge in [-0.05, 0) is 25.3 Å². The van der Waals surface area contributed by atoms with Crippen LogP contribution >= 0.6 is 0 Å². The van der Waals surface area contributed by atoms with E-state index in [0.29, 0.717) is 25.3 Å². The van der Waals surface area contributed by atoms with Crippen LogP contribution in [0.5, 0.6) is 0 Å². The van der Waals surface area contributed by atoms with Crippen molar-refractivity contribution < 1.29 is 27.2 Å². The van der Waals surface area contributed by atoms with Crippen LogP contribution in [0, 0.1) is 0 Å². The second-order valence-electron chi connectivity index (χ2n) is 7.13. The third-order valence-electron chi connectivity index (χ3n) is 5.14. The predicted molar refractivity (Wildman–Crippen MR) is 97.8 cm³/mol. The van der Waals surface area contributed by atoms with Gasteiger partial charge in [-0.1, -0.05) is 29.4 Å². The number of nitrogens with zero attached hydrogens (tertiary/aromatic N) is 4. The molecule has 1 fully saturated rings. The third-order valence-corrected chi connectivity index (χ3v) is 5.14. The van der Waals surface area contributed by atoms with Crippen LogP contribution in [0.2, 0.25) is 0 Å². The smallest absolute Gasteiger partial charge is 0.382 e. The fourth-order valence-corrected chi connectivity index (χ4v) is 3.15. The molecule has 158 valence electrons. The first-order chi connectivity index (χ1) is 13.7. The number of methoxy groups -OCH3 is 1. The van der Waals surface area contributed by atoms with Gasteiger partial charge in [0.2, 0.25) is 5.82 Å².